The van der Waals surface area contributed by atoms with Gasteiger partial charge in [-0.05, 0) is 44.1 Å². The monoisotopic (exact) mass is 286 g/mol. The number of hydrogen-bond acceptors (Lipinski definition) is 3. The maximum Gasteiger partial charge on any atom is 0.243 e. The topological polar surface area (TPSA) is 49.4 Å². The molecule has 1 saturated heterocycles. The maximum absolute atomic E-state index is 13.2. The lowest BCUT2D eigenvalue weighted by atomic mass is 10.1. The molecule has 0 saturated carbocycles. The van der Waals surface area contributed by atoms with Gasteiger partial charge in [-0.1, -0.05) is 13.0 Å². The Morgan fingerprint density at radius 3 is 2.63 bits per heavy atom. The summed E-state index contributed by atoms with van der Waals surface area (Å²) in [5.41, 5.74) is 0. The predicted octanol–water partition coefficient (Wildman–Crippen LogP) is 1.59. The zero-order chi connectivity index (χ0) is 13.9. The van der Waals surface area contributed by atoms with Crippen molar-refractivity contribution in [3.63, 3.8) is 0 Å². The average molecular weight is 286 g/mol. The molecule has 1 fully saturated rings. The highest BCUT2D eigenvalue weighted by Gasteiger charge is 2.31. The molecule has 19 heavy (non-hydrogen) atoms. The molecule has 0 aliphatic carbocycles. The van der Waals surface area contributed by atoms with Crippen molar-refractivity contribution in [2.45, 2.75) is 30.7 Å². The van der Waals surface area contributed by atoms with Crippen LogP contribution in [0.5, 0.6) is 0 Å². The van der Waals surface area contributed by atoms with Crippen LogP contribution in [0.4, 0.5) is 4.39 Å². The molecule has 6 heteroatoms. The molecular weight excluding hydrogens is 267 g/mol. The molecule has 1 aliphatic heterocycles. The summed E-state index contributed by atoms with van der Waals surface area (Å²) in [4.78, 5) is 0.0351. The fourth-order valence-electron chi connectivity index (χ4n) is 2.48. The third-order valence-corrected chi connectivity index (χ3v) is 5.45. The molecule has 4 nitrogen and oxygen atoms in total. The van der Waals surface area contributed by atoms with Crippen molar-refractivity contribution in [2.75, 3.05) is 19.6 Å². The first-order valence-electron chi connectivity index (χ1n) is 6.54. The van der Waals surface area contributed by atoms with E-state index < -0.39 is 15.8 Å². The molecule has 0 aromatic heterocycles. The van der Waals surface area contributed by atoms with E-state index in [9.17, 15) is 12.8 Å². The number of sulfonamides is 1. The summed E-state index contributed by atoms with van der Waals surface area (Å²) < 4.78 is 39.8. The second-order valence-electron chi connectivity index (χ2n) is 4.65. The molecule has 0 unspecified atom stereocenters. The smallest absolute Gasteiger partial charge is 0.243 e. The molecule has 0 bridgehead atoms. The molecule has 106 valence electrons. The van der Waals surface area contributed by atoms with E-state index in [0.29, 0.717) is 6.54 Å². The molecule has 1 aliphatic rings. The second-order valence-corrected chi connectivity index (χ2v) is 6.54. The molecular formula is C13H19FN2O2S. The van der Waals surface area contributed by atoms with Gasteiger partial charge in [-0.2, -0.15) is 4.31 Å². The fourth-order valence-corrected chi connectivity index (χ4v) is 4.21. The highest BCUT2D eigenvalue weighted by Crippen LogP contribution is 2.22. The number of nitrogens with one attached hydrogen (secondary N) is 1. The number of rotatable bonds is 4. The van der Waals surface area contributed by atoms with Gasteiger partial charge in [0, 0.05) is 12.6 Å². The summed E-state index contributed by atoms with van der Waals surface area (Å²) in [6.45, 7) is 3.86. The van der Waals surface area contributed by atoms with Crippen molar-refractivity contribution in [1.82, 2.24) is 9.62 Å². The average Bonchev–Trinajstić information content (AvgIpc) is 2.40. The molecule has 1 N–H and O–H groups in total. The Hall–Kier alpha value is -0.980. The Morgan fingerprint density at radius 1 is 1.37 bits per heavy atom. The zero-order valence-electron chi connectivity index (χ0n) is 11.0. The molecule has 1 aromatic rings. The van der Waals surface area contributed by atoms with Crippen LogP contribution >= 0.6 is 0 Å². The number of hydrogen-bond donors (Lipinski definition) is 1. The van der Waals surface area contributed by atoms with Gasteiger partial charge in [-0.3, -0.25) is 0 Å². The number of piperidine rings is 1. The van der Waals surface area contributed by atoms with Gasteiger partial charge < -0.3 is 5.32 Å². The summed E-state index contributed by atoms with van der Waals surface area (Å²) in [6, 6.07) is 5.21. The molecule has 1 heterocycles. The Labute approximate surface area is 113 Å². The zero-order valence-corrected chi connectivity index (χ0v) is 11.8. The molecule has 0 amide bonds. The predicted molar refractivity (Wildman–Crippen MR) is 71.9 cm³/mol. The van der Waals surface area contributed by atoms with E-state index in [1.807, 2.05) is 6.92 Å². The minimum absolute atomic E-state index is 0.000447. The van der Waals surface area contributed by atoms with Crippen LogP contribution in [0, 0.1) is 5.82 Å². The lowest BCUT2D eigenvalue weighted by molar-refractivity contribution is 0.270. The number of benzene rings is 1. The van der Waals surface area contributed by atoms with E-state index >= 15 is 0 Å². The minimum Gasteiger partial charge on any atom is -0.317 e. The van der Waals surface area contributed by atoms with Crippen LogP contribution in [0.3, 0.4) is 0 Å². The first kappa shape index (κ1) is 14.4. The van der Waals surface area contributed by atoms with Gasteiger partial charge in [0.25, 0.3) is 0 Å². The Bertz CT molecular complexity index is 527. The molecule has 2 rings (SSSR count). The Balaban J connectivity index is 2.30. The van der Waals surface area contributed by atoms with Crippen molar-refractivity contribution in [2.24, 2.45) is 0 Å². The van der Waals surface area contributed by atoms with E-state index in [0.717, 1.165) is 32.0 Å². The molecule has 0 atom stereocenters. The first-order valence-corrected chi connectivity index (χ1v) is 7.98. The first-order chi connectivity index (χ1) is 9.05. The molecule has 0 radical (unpaired) electrons. The second kappa shape index (κ2) is 5.98. The largest absolute Gasteiger partial charge is 0.317 e. The summed E-state index contributed by atoms with van der Waals surface area (Å²) in [5, 5.41) is 3.21. The van der Waals surface area contributed by atoms with Gasteiger partial charge >= 0.3 is 0 Å². The number of halogens is 1. The fraction of sp³-hybridized carbons (Fsp3) is 0.538. The van der Waals surface area contributed by atoms with Crippen molar-refractivity contribution in [1.29, 1.82) is 0 Å². The van der Waals surface area contributed by atoms with E-state index in [1.54, 1.807) is 0 Å². The van der Waals surface area contributed by atoms with Crippen LogP contribution in [-0.2, 0) is 10.0 Å². The quantitative estimate of drug-likeness (QED) is 0.914. The van der Waals surface area contributed by atoms with E-state index in [4.69, 9.17) is 0 Å². The van der Waals surface area contributed by atoms with Gasteiger partial charge in [0.2, 0.25) is 10.0 Å². The van der Waals surface area contributed by atoms with Gasteiger partial charge in [0.05, 0.1) is 4.90 Å². The minimum atomic E-state index is -3.61. The Kier molecular flexibility index (Phi) is 4.54. The van der Waals surface area contributed by atoms with Crippen molar-refractivity contribution >= 4 is 10.0 Å². The maximum atomic E-state index is 13.2. The summed E-state index contributed by atoms with van der Waals surface area (Å²) in [5.74, 6) is -0.526. The van der Waals surface area contributed by atoms with E-state index in [-0.39, 0.29) is 10.9 Å². The highest BCUT2D eigenvalue weighted by molar-refractivity contribution is 7.89. The normalized spacial score (nSPS) is 17.8. The van der Waals surface area contributed by atoms with Crippen LogP contribution < -0.4 is 5.32 Å². The molecule has 1 aromatic carbocycles. The molecule has 0 spiro atoms. The van der Waals surface area contributed by atoms with E-state index in [2.05, 4.69) is 5.32 Å². The van der Waals surface area contributed by atoms with Gasteiger partial charge in [0.15, 0.2) is 0 Å². The van der Waals surface area contributed by atoms with Crippen LogP contribution in [0.1, 0.15) is 19.8 Å². The van der Waals surface area contributed by atoms with Crippen molar-refractivity contribution in [3.8, 4) is 0 Å². The standard InChI is InChI=1S/C13H19FN2O2S/c1-2-16(12-6-8-15-9-7-12)19(17,18)13-5-3-4-11(14)10-13/h3-5,10,12,15H,2,6-9H2,1H3. The van der Waals surface area contributed by atoms with Gasteiger partial charge in [0.1, 0.15) is 5.82 Å². The Morgan fingerprint density at radius 2 is 2.05 bits per heavy atom. The van der Waals surface area contributed by atoms with Crippen LogP contribution in [0.25, 0.3) is 0 Å². The van der Waals surface area contributed by atoms with Gasteiger partial charge in [-0.25, -0.2) is 12.8 Å². The summed E-state index contributed by atoms with van der Waals surface area (Å²) in [7, 11) is -3.61. The third-order valence-electron chi connectivity index (χ3n) is 3.43. The van der Waals surface area contributed by atoms with Crippen molar-refractivity contribution < 1.29 is 12.8 Å². The lowest BCUT2D eigenvalue weighted by Crippen LogP contribution is -2.45. The SMILES string of the molecule is CCN(C1CCNCC1)S(=O)(=O)c1cccc(F)c1. The lowest BCUT2D eigenvalue weighted by Gasteiger charge is -2.32. The summed E-state index contributed by atoms with van der Waals surface area (Å²) >= 11 is 0. The van der Waals surface area contributed by atoms with Gasteiger partial charge in [-0.15, -0.1) is 0 Å². The summed E-state index contributed by atoms with van der Waals surface area (Å²) in [6.07, 6.45) is 1.59. The van der Waals surface area contributed by atoms with E-state index in [1.165, 1.54) is 22.5 Å². The third kappa shape index (κ3) is 3.13. The number of nitrogens with zero attached hydrogens (tertiary/aromatic N) is 1. The van der Waals surface area contributed by atoms with Crippen LogP contribution in [-0.4, -0.2) is 38.4 Å². The highest BCUT2D eigenvalue weighted by atomic mass is 32.2. The van der Waals surface area contributed by atoms with Crippen LogP contribution in [0.15, 0.2) is 29.2 Å². The van der Waals surface area contributed by atoms with Crippen LogP contribution in [0.2, 0.25) is 0 Å². The van der Waals surface area contributed by atoms with Crippen molar-refractivity contribution in [3.05, 3.63) is 30.1 Å².